The molecule has 0 spiro atoms. The molecule has 2 aromatic rings. The molecule has 0 aliphatic heterocycles. The van der Waals surface area contributed by atoms with Crippen LogP contribution in [0.4, 0.5) is 5.69 Å². The highest BCUT2D eigenvalue weighted by Crippen LogP contribution is 2.23. The number of hydrogen-bond donors (Lipinski definition) is 1. The molecule has 5 nitrogen and oxygen atoms in total. The van der Waals surface area contributed by atoms with Crippen LogP contribution in [0.25, 0.3) is 0 Å². The SMILES string of the molecule is Cc1nn(C(C)(C)c2ncccn2)cc1N. The molecule has 16 heavy (non-hydrogen) atoms. The normalized spacial score (nSPS) is 11.7. The second-order valence-corrected chi connectivity index (χ2v) is 4.25. The Balaban J connectivity index is 2.46. The molecule has 0 aromatic carbocycles. The lowest BCUT2D eigenvalue weighted by Gasteiger charge is -2.23. The predicted octanol–water partition coefficient (Wildman–Crippen LogP) is 1.35. The Kier molecular flexibility index (Phi) is 2.38. The highest BCUT2D eigenvalue weighted by molar-refractivity contribution is 5.40. The highest BCUT2D eigenvalue weighted by Gasteiger charge is 2.27. The fourth-order valence-corrected chi connectivity index (χ4v) is 1.48. The van der Waals surface area contributed by atoms with E-state index >= 15 is 0 Å². The van der Waals surface area contributed by atoms with Crippen molar-refractivity contribution in [2.45, 2.75) is 26.3 Å². The molecule has 0 atom stereocenters. The van der Waals surface area contributed by atoms with Gasteiger partial charge in [0.05, 0.1) is 11.4 Å². The van der Waals surface area contributed by atoms with Crippen LogP contribution in [-0.2, 0) is 5.54 Å². The Bertz CT molecular complexity index is 467. The zero-order chi connectivity index (χ0) is 11.8. The smallest absolute Gasteiger partial charge is 0.155 e. The summed E-state index contributed by atoms with van der Waals surface area (Å²) in [5, 5.41) is 4.37. The number of anilines is 1. The van der Waals surface area contributed by atoms with E-state index in [9.17, 15) is 0 Å². The van der Waals surface area contributed by atoms with Crippen molar-refractivity contribution in [3.63, 3.8) is 0 Å². The lowest BCUT2D eigenvalue weighted by atomic mass is 10.1. The summed E-state index contributed by atoms with van der Waals surface area (Å²) in [5.74, 6) is 0.720. The third-order valence-electron chi connectivity index (χ3n) is 2.62. The van der Waals surface area contributed by atoms with Crippen LogP contribution in [0, 0.1) is 6.92 Å². The molecule has 2 N–H and O–H groups in total. The summed E-state index contributed by atoms with van der Waals surface area (Å²) in [4.78, 5) is 8.51. The topological polar surface area (TPSA) is 69.6 Å². The van der Waals surface area contributed by atoms with Gasteiger partial charge in [0.15, 0.2) is 5.82 Å². The lowest BCUT2D eigenvalue weighted by molar-refractivity contribution is 0.366. The largest absolute Gasteiger partial charge is 0.396 e. The van der Waals surface area contributed by atoms with Gasteiger partial charge in [-0.15, -0.1) is 0 Å². The van der Waals surface area contributed by atoms with Crippen molar-refractivity contribution in [1.82, 2.24) is 19.7 Å². The first kappa shape index (κ1) is 10.6. The Morgan fingerprint density at radius 2 is 1.88 bits per heavy atom. The van der Waals surface area contributed by atoms with E-state index in [4.69, 9.17) is 5.73 Å². The maximum Gasteiger partial charge on any atom is 0.155 e. The number of nitrogens with two attached hydrogens (primary N) is 1. The molecule has 0 radical (unpaired) electrons. The van der Waals surface area contributed by atoms with Gasteiger partial charge in [-0.05, 0) is 26.8 Å². The van der Waals surface area contributed by atoms with E-state index in [1.807, 2.05) is 27.0 Å². The first-order valence-electron chi connectivity index (χ1n) is 5.11. The molecule has 5 heteroatoms. The zero-order valence-electron chi connectivity index (χ0n) is 9.68. The molecule has 2 heterocycles. The van der Waals surface area contributed by atoms with Gasteiger partial charge in [-0.3, -0.25) is 4.68 Å². The molecule has 0 bridgehead atoms. The Hall–Kier alpha value is -1.91. The van der Waals surface area contributed by atoms with Crippen LogP contribution in [0.5, 0.6) is 0 Å². The Morgan fingerprint density at radius 1 is 1.25 bits per heavy atom. The third-order valence-corrected chi connectivity index (χ3v) is 2.62. The van der Waals surface area contributed by atoms with Crippen LogP contribution in [-0.4, -0.2) is 19.7 Å². The number of nitrogen functional groups attached to an aromatic ring is 1. The van der Waals surface area contributed by atoms with Gasteiger partial charge in [-0.25, -0.2) is 9.97 Å². The van der Waals surface area contributed by atoms with Crippen LogP contribution >= 0.6 is 0 Å². The van der Waals surface area contributed by atoms with E-state index in [0.29, 0.717) is 5.69 Å². The van der Waals surface area contributed by atoms with Gasteiger partial charge in [-0.1, -0.05) is 0 Å². The van der Waals surface area contributed by atoms with Gasteiger partial charge in [0, 0.05) is 18.6 Å². The van der Waals surface area contributed by atoms with Crippen molar-refractivity contribution < 1.29 is 0 Å². The van der Waals surface area contributed by atoms with Crippen LogP contribution in [0.2, 0.25) is 0 Å². The Labute approximate surface area is 94.3 Å². The van der Waals surface area contributed by atoms with E-state index in [1.54, 1.807) is 23.1 Å². The molecule has 0 amide bonds. The van der Waals surface area contributed by atoms with Crippen molar-refractivity contribution in [3.8, 4) is 0 Å². The second kappa shape index (κ2) is 3.59. The van der Waals surface area contributed by atoms with E-state index in [2.05, 4.69) is 15.1 Å². The number of rotatable bonds is 2. The molecule has 0 unspecified atom stereocenters. The molecular formula is C11H15N5. The minimum atomic E-state index is -0.399. The standard InChI is InChI=1S/C11H15N5/c1-8-9(12)7-16(15-8)11(2,3)10-13-5-4-6-14-10/h4-7H,12H2,1-3H3. The van der Waals surface area contributed by atoms with Gasteiger partial charge in [0.2, 0.25) is 0 Å². The monoisotopic (exact) mass is 217 g/mol. The predicted molar refractivity (Wildman–Crippen MR) is 61.8 cm³/mol. The Morgan fingerprint density at radius 3 is 2.38 bits per heavy atom. The van der Waals surface area contributed by atoms with Crippen molar-refractivity contribution in [2.24, 2.45) is 0 Å². The zero-order valence-corrected chi connectivity index (χ0v) is 9.68. The first-order valence-corrected chi connectivity index (χ1v) is 5.11. The summed E-state index contributed by atoms with van der Waals surface area (Å²) < 4.78 is 1.80. The van der Waals surface area contributed by atoms with Crippen molar-refractivity contribution in [1.29, 1.82) is 0 Å². The second-order valence-electron chi connectivity index (χ2n) is 4.25. The maximum absolute atomic E-state index is 5.79. The summed E-state index contributed by atoms with van der Waals surface area (Å²) in [7, 11) is 0. The third kappa shape index (κ3) is 1.64. The number of hydrogen-bond acceptors (Lipinski definition) is 4. The maximum atomic E-state index is 5.79. The van der Waals surface area contributed by atoms with Gasteiger partial charge in [0.1, 0.15) is 5.54 Å². The number of nitrogens with zero attached hydrogens (tertiary/aromatic N) is 4. The molecular weight excluding hydrogens is 202 g/mol. The van der Waals surface area contributed by atoms with Gasteiger partial charge < -0.3 is 5.73 Å². The molecule has 2 rings (SSSR count). The summed E-state index contributed by atoms with van der Waals surface area (Å²) in [6, 6.07) is 1.79. The molecule has 0 fully saturated rings. The number of aryl methyl sites for hydroxylation is 1. The van der Waals surface area contributed by atoms with Crippen molar-refractivity contribution >= 4 is 5.69 Å². The van der Waals surface area contributed by atoms with E-state index < -0.39 is 5.54 Å². The fraction of sp³-hybridized carbons (Fsp3) is 0.364. The van der Waals surface area contributed by atoms with E-state index in [1.165, 1.54) is 0 Å². The van der Waals surface area contributed by atoms with Gasteiger partial charge in [0.25, 0.3) is 0 Å². The van der Waals surface area contributed by atoms with Crippen LogP contribution in [0.15, 0.2) is 24.7 Å². The van der Waals surface area contributed by atoms with E-state index in [-0.39, 0.29) is 0 Å². The highest BCUT2D eigenvalue weighted by atomic mass is 15.3. The summed E-state index contributed by atoms with van der Waals surface area (Å²) in [6.45, 7) is 5.90. The summed E-state index contributed by atoms with van der Waals surface area (Å²) >= 11 is 0. The molecule has 0 saturated carbocycles. The minimum Gasteiger partial charge on any atom is -0.396 e. The van der Waals surface area contributed by atoms with Crippen molar-refractivity contribution in [3.05, 3.63) is 36.2 Å². The van der Waals surface area contributed by atoms with Crippen LogP contribution in [0.1, 0.15) is 25.4 Å². The molecule has 0 aliphatic carbocycles. The lowest BCUT2D eigenvalue weighted by Crippen LogP contribution is -2.30. The average molecular weight is 217 g/mol. The fourth-order valence-electron chi connectivity index (χ4n) is 1.48. The number of aromatic nitrogens is 4. The summed E-state index contributed by atoms with van der Waals surface area (Å²) in [5.41, 5.74) is 6.90. The van der Waals surface area contributed by atoms with Crippen LogP contribution in [0.3, 0.4) is 0 Å². The van der Waals surface area contributed by atoms with Gasteiger partial charge in [-0.2, -0.15) is 5.10 Å². The minimum absolute atomic E-state index is 0.399. The van der Waals surface area contributed by atoms with E-state index in [0.717, 1.165) is 11.5 Å². The molecule has 2 aromatic heterocycles. The van der Waals surface area contributed by atoms with Gasteiger partial charge >= 0.3 is 0 Å². The average Bonchev–Trinajstić information content (AvgIpc) is 2.61. The van der Waals surface area contributed by atoms with Crippen LogP contribution < -0.4 is 5.73 Å². The molecule has 84 valence electrons. The molecule has 0 saturated heterocycles. The molecule has 0 aliphatic rings. The quantitative estimate of drug-likeness (QED) is 0.824. The van der Waals surface area contributed by atoms with Crippen molar-refractivity contribution in [2.75, 3.05) is 5.73 Å². The summed E-state index contributed by atoms with van der Waals surface area (Å²) in [6.07, 6.45) is 5.26. The first-order chi connectivity index (χ1) is 7.51.